The van der Waals surface area contributed by atoms with Crippen LogP contribution in [0.1, 0.15) is 16.8 Å². The van der Waals surface area contributed by atoms with E-state index in [2.05, 4.69) is 10.3 Å². The molecule has 0 unspecified atom stereocenters. The first-order chi connectivity index (χ1) is 10.5. The Hall–Kier alpha value is -2.69. The zero-order chi connectivity index (χ0) is 15.7. The second kappa shape index (κ2) is 5.60. The van der Waals surface area contributed by atoms with Gasteiger partial charge in [0.1, 0.15) is 11.5 Å². The number of rotatable bonds is 3. The molecule has 1 aromatic carbocycles. The maximum atomic E-state index is 13.2. The van der Waals surface area contributed by atoms with E-state index in [1.165, 1.54) is 12.3 Å². The van der Waals surface area contributed by atoms with Gasteiger partial charge in [-0.15, -0.1) is 0 Å². The predicted molar refractivity (Wildman–Crippen MR) is 83.4 cm³/mol. The van der Waals surface area contributed by atoms with Gasteiger partial charge in [0.15, 0.2) is 0 Å². The molecule has 1 amide bonds. The molecule has 0 radical (unpaired) electrons. The summed E-state index contributed by atoms with van der Waals surface area (Å²) in [6.07, 6.45) is 3.16. The maximum Gasteiger partial charge on any atom is 0.230 e. The lowest BCUT2D eigenvalue weighted by atomic mass is 10.1. The number of nitrogens with zero attached hydrogens (tertiary/aromatic N) is 2. The Morgan fingerprint density at radius 1 is 1.18 bits per heavy atom. The third kappa shape index (κ3) is 2.83. The number of carbonyl (C=O) groups is 1. The van der Waals surface area contributed by atoms with Crippen molar-refractivity contribution < 1.29 is 9.18 Å². The fourth-order valence-corrected chi connectivity index (χ4v) is 2.46. The third-order valence-corrected chi connectivity index (χ3v) is 3.55. The van der Waals surface area contributed by atoms with Crippen molar-refractivity contribution in [2.24, 2.45) is 0 Å². The highest BCUT2D eigenvalue weighted by Crippen LogP contribution is 2.19. The Labute approximate surface area is 127 Å². The van der Waals surface area contributed by atoms with Crippen molar-refractivity contribution >= 4 is 17.2 Å². The molecule has 0 fully saturated rings. The molecule has 0 aliphatic heterocycles. The van der Waals surface area contributed by atoms with Crippen LogP contribution < -0.4 is 5.32 Å². The minimum Gasteiger partial charge on any atom is -0.325 e. The number of fused-ring (bicyclic) bond motifs is 1. The van der Waals surface area contributed by atoms with Gasteiger partial charge in [0, 0.05) is 18.1 Å². The number of nitrogens with one attached hydrogen (secondary N) is 1. The molecule has 112 valence electrons. The van der Waals surface area contributed by atoms with Gasteiger partial charge in [-0.05, 0) is 37.1 Å². The molecule has 0 saturated heterocycles. The van der Waals surface area contributed by atoms with Gasteiger partial charge in [0.05, 0.1) is 12.1 Å². The minimum absolute atomic E-state index is 0.138. The standard InChI is InChI=1S/C17H16FN3O/c1-11-4-3-5-12(2)17(11)20-16(22)8-14-10-21-9-13(18)6-7-15(21)19-14/h3-7,9-10H,8H2,1-2H3,(H,20,22). The fraction of sp³-hybridized carbons (Fsp3) is 0.176. The fourth-order valence-electron chi connectivity index (χ4n) is 2.46. The first-order valence-corrected chi connectivity index (χ1v) is 7.02. The Kier molecular flexibility index (Phi) is 3.63. The molecule has 0 atom stereocenters. The summed E-state index contributed by atoms with van der Waals surface area (Å²) in [6, 6.07) is 8.80. The number of pyridine rings is 1. The number of aryl methyl sites for hydroxylation is 2. The highest BCUT2D eigenvalue weighted by atomic mass is 19.1. The summed E-state index contributed by atoms with van der Waals surface area (Å²) >= 11 is 0. The van der Waals surface area contributed by atoms with E-state index in [0.29, 0.717) is 11.3 Å². The number of para-hydroxylation sites is 1. The number of hydrogen-bond donors (Lipinski definition) is 1. The molecule has 0 spiro atoms. The molecule has 0 aliphatic rings. The highest BCUT2D eigenvalue weighted by Gasteiger charge is 2.10. The molecular weight excluding hydrogens is 281 g/mol. The van der Waals surface area contributed by atoms with Crippen LogP contribution >= 0.6 is 0 Å². The van der Waals surface area contributed by atoms with Crippen molar-refractivity contribution in [1.82, 2.24) is 9.38 Å². The van der Waals surface area contributed by atoms with E-state index >= 15 is 0 Å². The van der Waals surface area contributed by atoms with E-state index in [1.54, 1.807) is 16.7 Å². The first kappa shape index (κ1) is 14.3. The van der Waals surface area contributed by atoms with Crippen molar-refractivity contribution in [3.63, 3.8) is 0 Å². The largest absolute Gasteiger partial charge is 0.325 e. The van der Waals surface area contributed by atoms with Gasteiger partial charge in [-0.2, -0.15) is 0 Å². The maximum absolute atomic E-state index is 13.2. The van der Waals surface area contributed by atoms with Gasteiger partial charge in [-0.25, -0.2) is 9.37 Å². The second-order valence-electron chi connectivity index (χ2n) is 5.34. The number of anilines is 1. The average molecular weight is 297 g/mol. The monoisotopic (exact) mass is 297 g/mol. The molecule has 2 aromatic heterocycles. The van der Waals surface area contributed by atoms with E-state index < -0.39 is 0 Å². The van der Waals surface area contributed by atoms with Crippen LogP contribution in [0.15, 0.2) is 42.7 Å². The number of carbonyl (C=O) groups excluding carboxylic acids is 1. The zero-order valence-electron chi connectivity index (χ0n) is 12.4. The molecule has 3 rings (SSSR count). The van der Waals surface area contributed by atoms with Crippen LogP contribution in [0.5, 0.6) is 0 Å². The number of imidazole rings is 1. The number of halogens is 1. The van der Waals surface area contributed by atoms with Crippen LogP contribution in [-0.2, 0) is 11.2 Å². The van der Waals surface area contributed by atoms with Crippen molar-refractivity contribution in [3.8, 4) is 0 Å². The summed E-state index contributed by atoms with van der Waals surface area (Å²) in [5.41, 5.74) is 4.10. The molecule has 3 aromatic rings. The quantitative estimate of drug-likeness (QED) is 0.806. The predicted octanol–water partition coefficient (Wildman–Crippen LogP) is 3.27. The number of aromatic nitrogens is 2. The molecule has 4 nitrogen and oxygen atoms in total. The average Bonchev–Trinajstić information content (AvgIpc) is 2.84. The molecule has 0 bridgehead atoms. The lowest BCUT2D eigenvalue weighted by molar-refractivity contribution is -0.115. The third-order valence-electron chi connectivity index (χ3n) is 3.55. The molecule has 0 aliphatic carbocycles. The van der Waals surface area contributed by atoms with Crippen molar-refractivity contribution in [3.05, 3.63) is 65.4 Å². The van der Waals surface area contributed by atoms with Gasteiger partial charge in [0.2, 0.25) is 5.91 Å². The topological polar surface area (TPSA) is 46.4 Å². The van der Waals surface area contributed by atoms with Gasteiger partial charge >= 0.3 is 0 Å². The summed E-state index contributed by atoms with van der Waals surface area (Å²) in [5.74, 6) is -0.474. The van der Waals surface area contributed by atoms with Crippen LogP contribution in [0.2, 0.25) is 0 Å². The highest BCUT2D eigenvalue weighted by molar-refractivity contribution is 5.93. The summed E-state index contributed by atoms with van der Waals surface area (Å²) in [7, 11) is 0. The molecular formula is C17H16FN3O. The van der Waals surface area contributed by atoms with Crippen LogP contribution in [0.3, 0.4) is 0 Å². The zero-order valence-corrected chi connectivity index (χ0v) is 12.4. The van der Waals surface area contributed by atoms with E-state index in [-0.39, 0.29) is 18.1 Å². The Morgan fingerprint density at radius 3 is 2.64 bits per heavy atom. The van der Waals surface area contributed by atoms with E-state index in [9.17, 15) is 9.18 Å². The number of amides is 1. The van der Waals surface area contributed by atoms with Gasteiger partial charge in [0.25, 0.3) is 0 Å². The van der Waals surface area contributed by atoms with Crippen molar-refractivity contribution in [2.75, 3.05) is 5.32 Å². The number of benzene rings is 1. The van der Waals surface area contributed by atoms with Crippen molar-refractivity contribution in [2.45, 2.75) is 20.3 Å². The molecule has 22 heavy (non-hydrogen) atoms. The molecule has 2 heterocycles. The summed E-state index contributed by atoms with van der Waals surface area (Å²) in [5, 5.41) is 2.92. The molecule has 1 N–H and O–H groups in total. The SMILES string of the molecule is Cc1cccc(C)c1NC(=O)Cc1cn2cc(F)ccc2n1. The summed E-state index contributed by atoms with van der Waals surface area (Å²) in [6.45, 7) is 3.91. The Morgan fingerprint density at radius 2 is 1.91 bits per heavy atom. The molecule has 5 heteroatoms. The van der Waals surface area contributed by atoms with E-state index in [4.69, 9.17) is 0 Å². The minimum atomic E-state index is -0.337. The van der Waals surface area contributed by atoms with Crippen molar-refractivity contribution in [1.29, 1.82) is 0 Å². The second-order valence-corrected chi connectivity index (χ2v) is 5.34. The van der Waals surface area contributed by atoms with Crippen LogP contribution in [0.25, 0.3) is 5.65 Å². The summed E-state index contributed by atoms with van der Waals surface area (Å²) < 4.78 is 14.7. The normalized spacial score (nSPS) is 10.9. The molecule has 0 saturated carbocycles. The number of hydrogen-bond acceptors (Lipinski definition) is 2. The summed E-state index contributed by atoms with van der Waals surface area (Å²) in [4.78, 5) is 16.5. The lowest BCUT2D eigenvalue weighted by Gasteiger charge is -2.10. The lowest BCUT2D eigenvalue weighted by Crippen LogP contribution is -2.16. The van der Waals surface area contributed by atoms with Gasteiger partial charge < -0.3 is 9.72 Å². The first-order valence-electron chi connectivity index (χ1n) is 7.02. The van der Waals surface area contributed by atoms with Gasteiger partial charge in [-0.1, -0.05) is 18.2 Å². The van der Waals surface area contributed by atoms with Crippen LogP contribution in [0.4, 0.5) is 10.1 Å². The Bertz CT molecular complexity index is 834. The van der Waals surface area contributed by atoms with E-state index in [0.717, 1.165) is 16.8 Å². The van der Waals surface area contributed by atoms with Gasteiger partial charge in [-0.3, -0.25) is 4.79 Å². The van der Waals surface area contributed by atoms with E-state index in [1.807, 2.05) is 32.0 Å². The van der Waals surface area contributed by atoms with Crippen LogP contribution in [0, 0.1) is 19.7 Å². The Balaban J connectivity index is 1.78. The smallest absolute Gasteiger partial charge is 0.230 e. The van der Waals surface area contributed by atoms with Crippen LogP contribution in [-0.4, -0.2) is 15.3 Å².